The average Bonchev–Trinajstić information content (AvgIpc) is 1.99. The van der Waals surface area contributed by atoms with Crippen molar-refractivity contribution in [2.75, 3.05) is 18.1 Å². The first-order valence-electron chi connectivity index (χ1n) is 4.46. The summed E-state index contributed by atoms with van der Waals surface area (Å²) in [6.07, 6.45) is 3.00. The van der Waals surface area contributed by atoms with Gasteiger partial charge >= 0.3 is 0 Å². The molecule has 0 aromatic rings. The van der Waals surface area contributed by atoms with Gasteiger partial charge in [0.25, 0.3) is 0 Å². The summed E-state index contributed by atoms with van der Waals surface area (Å²) in [5, 5.41) is 0. The fraction of sp³-hybridized carbons (Fsp3) is 1.00. The van der Waals surface area contributed by atoms with Crippen molar-refractivity contribution in [1.29, 1.82) is 0 Å². The van der Waals surface area contributed by atoms with Crippen LogP contribution in [-0.2, 0) is 14.6 Å². The number of rotatable bonds is 3. The average molecular weight is 192 g/mol. The molecular weight excluding hydrogens is 176 g/mol. The van der Waals surface area contributed by atoms with E-state index in [1.165, 1.54) is 0 Å². The van der Waals surface area contributed by atoms with Gasteiger partial charge in [0.05, 0.1) is 24.2 Å². The molecule has 3 nitrogen and oxygen atoms in total. The van der Waals surface area contributed by atoms with Gasteiger partial charge in [0.15, 0.2) is 9.84 Å². The van der Waals surface area contributed by atoms with Gasteiger partial charge in [-0.3, -0.25) is 0 Å². The van der Waals surface area contributed by atoms with Gasteiger partial charge in [0, 0.05) is 0 Å². The zero-order chi connectivity index (χ0) is 9.03. The van der Waals surface area contributed by atoms with Crippen LogP contribution in [0, 0.1) is 0 Å². The zero-order valence-corrected chi connectivity index (χ0v) is 8.27. The van der Waals surface area contributed by atoms with E-state index >= 15 is 0 Å². The van der Waals surface area contributed by atoms with Crippen LogP contribution in [0.25, 0.3) is 0 Å². The second-order valence-corrected chi connectivity index (χ2v) is 5.48. The second-order valence-electron chi connectivity index (χ2n) is 3.25. The Morgan fingerprint density at radius 2 is 2.25 bits per heavy atom. The van der Waals surface area contributed by atoms with E-state index < -0.39 is 9.84 Å². The minimum absolute atomic E-state index is 0.0382. The minimum Gasteiger partial charge on any atom is -0.376 e. The van der Waals surface area contributed by atoms with Crippen molar-refractivity contribution in [2.45, 2.75) is 32.3 Å². The summed E-state index contributed by atoms with van der Waals surface area (Å²) in [6, 6.07) is 0. The monoisotopic (exact) mass is 192 g/mol. The van der Waals surface area contributed by atoms with Crippen molar-refractivity contribution in [1.82, 2.24) is 0 Å². The van der Waals surface area contributed by atoms with Crippen LogP contribution in [-0.4, -0.2) is 32.6 Å². The van der Waals surface area contributed by atoms with Crippen molar-refractivity contribution < 1.29 is 13.2 Å². The van der Waals surface area contributed by atoms with Crippen molar-refractivity contribution >= 4 is 9.84 Å². The molecule has 4 heteroatoms. The highest BCUT2D eigenvalue weighted by Gasteiger charge is 2.24. The molecule has 1 fully saturated rings. The van der Waals surface area contributed by atoms with Crippen LogP contribution in [0.1, 0.15) is 26.2 Å². The molecular formula is C8H16O3S. The van der Waals surface area contributed by atoms with E-state index in [0.29, 0.717) is 6.61 Å². The maximum absolute atomic E-state index is 11.1. The molecule has 1 atom stereocenters. The van der Waals surface area contributed by atoms with Gasteiger partial charge < -0.3 is 4.74 Å². The third-order valence-corrected chi connectivity index (χ3v) is 3.74. The van der Waals surface area contributed by atoms with E-state index in [1.807, 2.05) is 0 Å². The quantitative estimate of drug-likeness (QED) is 0.669. The van der Waals surface area contributed by atoms with Crippen molar-refractivity contribution in [2.24, 2.45) is 0 Å². The van der Waals surface area contributed by atoms with Gasteiger partial charge in [-0.05, 0) is 6.42 Å². The van der Waals surface area contributed by atoms with Crippen LogP contribution in [0.5, 0.6) is 0 Å². The summed E-state index contributed by atoms with van der Waals surface area (Å²) in [5.74, 6) is 0.433. The summed E-state index contributed by atoms with van der Waals surface area (Å²) in [7, 11) is -2.79. The van der Waals surface area contributed by atoms with Gasteiger partial charge in [-0.15, -0.1) is 0 Å². The lowest BCUT2D eigenvalue weighted by molar-refractivity contribution is 0.0644. The molecule has 1 saturated heterocycles. The summed E-state index contributed by atoms with van der Waals surface area (Å²) >= 11 is 0. The Morgan fingerprint density at radius 1 is 1.50 bits per heavy atom. The highest BCUT2D eigenvalue weighted by Crippen LogP contribution is 2.12. The molecule has 0 N–H and O–H groups in total. The molecule has 1 heterocycles. The van der Waals surface area contributed by atoms with Crippen LogP contribution in [0.2, 0.25) is 0 Å². The normalized spacial score (nSPS) is 28.6. The standard InChI is InChI=1S/C8H16O3S/c1-2-3-4-8-7-12(9,10)6-5-11-8/h8H,2-7H2,1H3. The van der Waals surface area contributed by atoms with Crippen molar-refractivity contribution in [3.8, 4) is 0 Å². The van der Waals surface area contributed by atoms with E-state index in [-0.39, 0.29) is 17.6 Å². The first-order chi connectivity index (χ1) is 5.64. The summed E-state index contributed by atoms with van der Waals surface area (Å²) in [5.41, 5.74) is 0. The molecule has 1 unspecified atom stereocenters. The van der Waals surface area contributed by atoms with Gasteiger partial charge in [-0.25, -0.2) is 8.42 Å². The number of hydrogen-bond acceptors (Lipinski definition) is 3. The minimum atomic E-state index is -2.79. The van der Waals surface area contributed by atoms with Crippen LogP contribution in [0.15, 0.2) is 0 Å². The van der Waals surface area contributed by atoms with E-state index in [1.54, 1.807) is 0 Å². The summed E-state index contributed by atoms with van der Waals surface area (Å²) in [4.78, 5) is 0. The lowest BCUT2D eigenvalue weighted by Gasteiger charge is -2.22. The lowest BCUT2D eigenvalue weighted by Crippen LogP contribution is -2.34. The van der Waals surface area contributed by atoms with E-state index in [4.69, 9.17) is 4.74 Å². The molecule has 0 aromatic carbocycles. The van der Waals surface area contributed by atoms with Crippen molar-refractivity contribution in [3.63, 3.8) is 0 Å². The second kappa shape index (κ2) is 4.23. The fourth-order valence-electron chi connectivity index (χ4n) is 1.35. The molecule has 72 valence electrons. The Kier molecular flexibility index (Phi) is 3.53. The molecule has 0 aliphatic carbocycles. The Labute approximate surface area is 74.0 Å². The van der Waals surface area contributed by atoms with Gasteiger partial charge in [0.2, 0.25) is 0 Å². The summed E-state index contributed by atoms with van der Waals surface area (Å²) in [6.45, 7) is 2.48. The Hall–Kier alpha value is -0.0900. The predicted octanol–water partition coefficient (Wildman–Crippen LogP) is 0.990. The lowest BCUT2D eigenvalue weighted by atomic mass is 10.2. The summed E-state index contributed by atoms with van der Waals surface area (Å²) < 4.78 is 27.6. The fourth-order valence-corrected chi connectivity index (χ4v) is 2.70. The predicted molar refractivity (Wildman–Crippen MR) is 47.9 cm³/mol. The number of unbranched alkanes of at least 4 members (excludes halogenated alkanes) is 1. The van der Waals surface area contributed by atoms with Crippen LogP contribution in [0.4, 0.5) is 0 Å². The van der Waals surface area contributed by atoms with Crippen LogP contribution in [0.3, 0.4) is 0 Å². The first kappa shape index (κ1) is 9.99. The highest BCUT2D eigenvalue weighted by molar-refractivity contribution is 7.91. The molecule has 1 rings (SSSR count). The molecule has 0 saturated carbocycles. The maximum atomic E-state index is 11.1. The largest absolute Gasteiger partial charge is 0.376 e. The molecule has 0 bridgehead atoms. The smallest absolute Gasteiger partial charge is 0.155 e. The van der Waals surface area contributed by atoms with Gasteiger partial charge in [-0.2, -0.15) is 0 Å². The van der Waals surface area contributed by atoms with E-state index in [9.17, 15) is 8.42 Å². The van der Waals surface area contributed by atoms with E-state index in [2.05, 4.69) is 6.92 Å². The molecule has 1 aliphatic rings. The van der Waals surface area contributed by atoms with Crippen molar-refractivity contribution in [3.05, 3.63) is 0 Å². The maximum Gasteiger partial charge on any atom is 0.155 e. The molecule has 0 radical (unpaired) electrons. The first-order valence-corrected chi connectivity index (χ1v) is 6.28. The number of ether oxygens (including phenoxy) is 1. The number of sulfone groups is 1. The number of hydrogen-bond donors (Lipinski definition) is 0. The topological polar surface area (TPSA) is 43.4 Å². The van der Waals surface area contributed by atoms with Crippen LogP contribution < -0.4 is 0 Å². The third-order valence-electron chi connectivity index (χ3n) is 2.07. The Balaban J connectivity index is 2.36. The molecule has 0 amide bonds. The molecule has 1 aliphatic heterocycles. The van der Waals surface area contributed by atoms with Crippen LogP contribution >= 0.6 is 0 Å². The molecule has 0 spiro atoms. The zero-order valence-electron chi connectivity index (χ0n) is 7.45. The third kappa shape index (κ3) is 3.11. The van der Waals surface area contributed by atoms with Gasteiger partial charge in [-0.1, -0.05) is 19.8 Å². The Morgan fingerprint density at radius 3 is 2.83 bits per heavy atom. The van der Waals surface area contributed by atoms with E-state index in [0.717, 1.165) is 19.3 Å². The molecule has 0 aromatic heterocycles. The van der Waals surface area contributed by atoms with Gasteiger partial charge in [0.1, 0.15) is 0 Å². The Bertz CT molecular complexity index is 220. The highest BCUT2D eigenvalue weighted by atomic mass is 32.2. The SMILES string of the molecule is CCCCC1CS(=O)(=O)CCO1. The molecule has 12 heavy (non-hydrogen) atoms.